The number of carbonyl (C=O) groups is 1. The Kier molecular flexibility index (Phi) is 4.14. The summed E-state index contributed by atoms with van der Waals surface area (Å²) in [6, 6.07) is 13.0. The zero-order chi connectivity index (χ0) is 15.4. The van der Waals surface area contributed by atoms with Gasteiger partial charge in [-0.3, -0.25) is 4.79 Å². The summed E-state index contributed by atoms with van der Waals surface area (Å²) >= 11 is 0. The zero-order valence-electron chi connectivity index (χ0n) is 12.3. The second-order valence-corrected chi connectivity index (χ2v) is 4.91. The van der Waals surface area contributed by atoms with Crippen molar-refractivity contribution in [2.45, 2.75) is 13.3 Å². The van der Waals surface area contributed by atoms with E-state index in [4.69, 9.17) is 14.2 Å². The minimum atomic E-state index is -0.203. The number of nitrogens with one attached hydrogen (secondary N) is 1. The molecule has 22 heavy (non-hydrogen) atoms. The van der Waals surface area contributed by atoms with Gasteiger partial charge in [0, 0.05) is 11.8 Å². The number of rotatable bonds is 5. The van der Waals surface area contributed by atoms with Crippen molar-refractivity contribution in [2.75, 3.05) is 18.7 Å². The van der Waals surface area contributed by atoms with Crippen LogP contribution in [0.5, 0.6) is 17.2 Å². The van der Waals surface area contributed by atoms with Crippen LogP contribution in [0.1, 0.15) is 12.5 Å². The van der Waals surface area contributed by atoms with Gasteiger partial charge in [0.05, 0.1) is 0 Å². The van der Waals surface area contributed by atoms with Crippen LogP contribution in [0, 0.1) is 0 Å². The van der Waals surface area contributed by atoms with Crippen LogP contribution >= 0.6 is 0 Å². The molecule has 5 heteroatoms. The molecule has 1 amide bonds. The molecule has 1 aliphatic rings. The van der Waals surface area contributed by atoms with Crippen LogP contribution in [0.3, 0.4) is 0 Å². The standard InChI is InChI=1S/C17H17NO4/c1-2-12-4-3-5-13(8-12)18-17(19)10-20-14-6-7-15-16(9-14)22-11-21-15/h3-9H,2,10-11H2,1H3,(H,18,19). The molecule has 0 saturated carbocycles. The van der Waals surface area contributed by atoms with Gasteiger partial charge in [0.15, 0.2) is 18.1 Å². The summed E-state index contributed by atoms with van der Waals surface area (Å²) in [7, 11) is 0. The van der Waals surface area contributed by atoms with Crippen molar-refractivity contribution in [2.24, 2.45) is 0 Å². The van der Waals surface area contributed by atoms with Crippen LogP contribution in [-0.2, 0) is 11.2 Å². The number of anilines is 1. The third kappa shape index (κ3) is 3.31. The Balaban J connectivity index is 1.56. The summed E-state index contributed by atoms with van der Waals surface area (Å²) in [5, 5.41) is 2.82. The van der Waals surface area contributed by atoms with Crippen molar-refractivity contribution < 1.29 is 19.0 Å². The first-order valence-corrected chi connectivity index (χ1v) is 7.16. The monoisotopic (exact) mass is 299 g/mol. The highest BCUT2D eigenvalue weighted by atomic mass is 16.7. The Bertz CT molecular complexity index is 684. The maximum atomic E-state index is 11.9. The Labute approximate surface area is 128 Å². The molecule has 1 N–H and O–H groups in total. The molecule has 0 unspecified atom stereocenters. The second-order valence-electron chi connectivity index (χ2n) is 4.91. The van der Waals surface area contributed by atoms with E-state index in [9.17, 15) is 4.79 Å². The van der Waals surface area contributed by atoms with Gasteiger partial charge in [0.1, 0.15) is 5.75 Å². The maximum absolute atomic E-state index is 11.9. The van der Waals surface area contributed by atoms with Crippen LogP contribution in [0.25, 0.3) is 0 Å². The number of hydrogen-bond acceptors (Lipinski definition) is 4. The highest BCUT2D eigenvalue weighted by Crippen LogP contribution is 2.35. The zero-order valence-corrected chi connectivity index (χ0v) is 12.3. The highest BCUT2D eigenvalue weighted by Gasteiger charge is 2.14. The fourth-order valence-corrected chi connectivity index (χ4v) is 2.18. The SMILES string of the molecule is CCc1cccc(NC(=O)COc2ccc3c(c2)OCO3)c1. The first-order valence-electron chi connectivity index (χ1n) is 7.16. The van der Waals surface area contributed by atoms with Crippen LogP contribution in [0.2, 0.25) is 0 Å². The van der Waals surface area contributed by atoms with Gasteiger partial charge in [-0.1, -0.05) is 19.1 Å². The van der Waals surface area contributed by atoms with Crippen LogP contribution in [-0.4, -0.2) is 19.3 Å². The summed E-state index contributed by atoms with van der Waals surface area (Å²) in [5.41, 5.74) is 1.95. The molecule has 0 aromatic heterocycles. The molecular formula is C17H17NO4. The largest absolute Gasteiger partial charge is 0.484 e. The minimum absolute atomic E-state index is 0.0595. The third-order valence-electron chi connectivity index (χ3n) is 3.33. The molecular weight excluding hydrogens is 282 g/mol. The summed E-state index contributed by atoms with van der Waals surface area (Å²) < 4.78 is 16.0. The second kappa shape index (κ2) is 6.39. The fourth-order valence-electron chi connectivity index (χ4n) is 2.18. The van der Waals surface area contributed by atoms with Crippen molar-refractivity contribution in [1.29, 1.82) is 0 Å². The van der Waals surface area contributed by atoms with Gasteiger partial charge in [0.2, 0.25) is 6.79 Å². The molecule has 2 aromatic carbocycles. The number of carbonyl (C=O) groups excluding carboxylic acids is 1. The summed E-state index contributed by atoms with van der Waals surface area (Å²) in [5.74, 6) is 1.69. The van der Waals surface area contributed by atoms with Gasteiger partial charge in [-0.2, -0.15) is 0 Å². The van der Waals surface area contributed by atoms with E-state index in [1.165, 1.54) is 5.56 Å². The average molecular weight is 299 g/mol. The van der Waals surface area contributed by atoms with Gasteiger partial charge in [-0.25, -0.2) is 0 Å². The molecule has 0 bridgehead atoms. The molecule has 0 aliphatic carbocycles. The van der Waals surface area contributed by atoms with E-state index in [1.807, 2.05) is 24.3 Å². The maximum Gasteiger partial charge on any atom is 0.262 e. The number of ether oxygens (including phenoxy) is 3. The quantitative estimate of drug-likeness (QED) is 0.922. The minimum Gasteiger partial charge on any atom is -0.484 e. The first kappa shape index (κ1) is 14.3. The Morgan fingerprint density at radius 1 is 1.18 bits per heavy atom. The van der Waals surface area contributed by atoms with Crippen molar-refractivity contribution in [3.05, 3.63) is 48.0 Å². The van der Waals surface area contributed by atoms with Crippen molar-refractivity contribution in [3.63, 3.8) is 0 Å². The summed E-state index contributed by atoms with van der Waals surface area (Å²) in [6.45, 7) is 2.23. The molecule has 1 aliphatic heterocycles. The van der Waals surface area contributed by atoms with E-state index in [0.29, 0.717) is 17.2 Å². The van der Waals surface area contributed by atoms with Gasteiger partial charge in [-0.05, 0) is 36.2 Å². The fraction of sp³-hybridized carbons (Fsp3) is 0.235. The molecule has 2 aromatic rings. The highest BCUT2D eigenvalue weighted by molar-refractivity contribution is 5.91. The average Bonchev–Trinajstić information content (AvgIpc) is 3.00. The topological polar surface area (TPSA) is 56.8 Å². The summed E-state index contributed by atoms with van der Waals surface area (Å²) in [6.07, 6.45) is 0.928. The predicted molar refractivity (Wildman–Crippen MR) is 82.5 cm³/mol. The van der Waals surface area contributed by atoms with Gasteiger partial charge in [-0.15, -0.1) is 0 Å². The smallest absolute Gasteiger partial charge is 0.262 e. The van der Waals surface area contributed by atoms with E-state index in [0.717, 1.165) is 12.1 Å². The Hall–Kier alpha value is -2.69. The van der Waals surface area contributed by atoms with Crippen LogP contribution in [0.4, 0.5) is 5.69 Å². The van der Waals surface area contributed by atoms with Gasteiger partial charge >= 0.3 is 0 Å². The first-order chi connectivity index (χ1) is 10.7. The van der Waals surface area contributed by atoms with Gasteiger partial charge in [0.25, 0.3) is 5.91 Å². The molecule has 5 nitrogen and oxygen atoms in total. The van der Waals surface area contributed by atoms with Crippen molar-refractivity contribution in [1.82, 2.24) is 0 Å². The Morgan fingerprint density at radius 3 is 2.91 bits per heavy atom. The van der Waals surface area contributed by atoms with Crippen molar-refractivity contribution >= 4 is 11.6 Å². The molecule has 114 valence electrons. The van der Waals surface area contributed by atoms with E-state index in [-0.39, 0.29) is 19.3 Å². The van der Waals surface area contributed by atoms with E-state index < -0.39 is 0 Å². The lowest BCUT2D eigenvalue weighted by Gasteiger charge is -2.09. The number of hydrogen-bond donors (Lipinski definition) is 1. The van der Waals surface area contributed by atoms with E-state index in [2.05, 4.69) is 12.2 Å². The molecule has 0 atom stereocenters. The molecule has 3 rings (SSSR count). The van der Waals surface area contributed by atoms with E-state index in [1.54, 1.807) is 18.2 Å². The number of benzene rings is 2. The summed E-state index contributed by atoms with van der Waals surface area (Å²) in [4.78, 5) is 11.9. The number of aryl methyl sites for hydroxylation is 1. The van der Waals surface area contributed by atoms with E-state index >= 15 is 0 Å². The molecule has 0 spiro atoms. The van der Waals surface area contributed by atoms with Crippen molar-refractivity contribution in [3.8, 4) is 17.2 Å². The van der Waals surface area contributed by atoms with Gasteiger partial charge < -0.3 is 19.5 Å². The number of amides is 1. The molecule has 0 fully saturated rings. The lowest BCUT2D eigenvalue weighted by molar-refractivity contribution is -0.118. The number of fused-ring (bicyclic) bond motifs is 1. The van der Waals surface area contributed by atoms with Crippen LogP contribution in [0.15, 0.2) is 42.5 Å². The lowest BCUT2D eigenvalue weighted by Crippen LogP contribution is -2.20. The normalized spacial score (nSPS) is 12.0. The Morgan fingerprint density at radius 2 is 2.05 bits per heavy atom. The predicted octanol–water partition coefficient (Wildman–Crippen LogP) is 3.00. The third-order valence-corrected chi connectivity index (χ3v) is 3.33. The molecule has 0 radical (unpaired) electrons. The molecule has 1 heterocycles. The van der Waals surface area contributed by atoms with Crippen LogP contribution < -0.4 is 19.5 Å². The lowest BCUT2D eigenvalue weighted by atomic mass is 10.1. The molecule has 0 saturated heterocycles.